The van der Waals surface area contributed by atoms with Crippen molar-refractivity contribution in [2.75, 3.05) is 47.9 Å². The Morgan fingerprint density at radius 1 is 1.09 bits per heavy atom. The minimum absolute atomic E-state index is 0.00715. The van der Waals surface area contributed by atoms with E-state index in [4.69, 9.17) is 11.6 Å². The maximum absolute atomic E-state index is 13.0. The van der Waals surface area contributed by atoms with Crippen molar-refractivity contribution >= 4 is 55.6 Å². The first-order valence-electron chi connectivity index (χ1n) is 10.9. The monoisotopic (exact) mass is 504 g/mol. The molecule has 0 saturated carbocycles. The summed E-state index contributed by atoms with van der Waals surface area (Å²) in [6.45, 7) is 4.92. The molecule has 1 N–H and O–H groups in total. The number of aliphatic imine (C=N–C) groups is 1. The van der Waals surface area contributed by atoms with Crippen LogP contribution in [-0.2, 0) is 9.84 Å². The Kier molecular flexibility index (Phi) is 6.05. The number of amides is 1. The van der Waals surface area contributed by atoms with E-state index in [2.05, 4.69) is 22.1 Å². The predicted octanol–water partition coefficient (Wildman–Crippen LogP) is 3.29. The van der Waals surface area contributed by atoms with Gasteiger partial charge in [-0.3, -0.25) is 9.79 Å². The minimum atomic E-state index is -2.96. The molecule has 2 fully saturated rings. The first kappa shape index (κ1) is 22.6. The van der Waals surface area contributed by atoms with Crippen molar-refractivity contribution in [1.82, 2.24) is 4.90 Å². The maximum atomic E-state index is 13.0. The van der Waals surface area contributed by atoms with Crippen LogP contribution in [0.1, 0.15) is 15.9 Å². The Morgan fingerprint density at radius 2 is 1.82 bits per heavy atom. The number of benzene rings is 2. The molecule has 10 heteroatoms. The number of thioether (sulfide) groups is 1. The molecular formula is C23H25ClN4O3S2. The molecule has 0 bridgehead atoms. The summed E-state index contributed by atoms with van der Waals surface area (Å²) in [5.41, 5.74) is 3.79. The van der Waals surface area contributed by atoms with E-state index >= 15 is 0 Å². The van der Waals surface area contributed by atoms with Gasteiger partial charge >= 0.3 is 0 Å². The highest BCUT2D eigenvalue weighted by Gasteiger charge is 2.42. The number of anilines is 2. The number of fused-ring (bicyclic) bond motifs is 1. The van der Waals surface area contributed by atoms with Gasteiger partial charge in [0.1, 0.15) is 0 Å². The van der Waals surface area contributed by atoms with Crippen molar-refractivity contribution in [1.29, 1.82) is 0 Å². The van der Waals surface area contributed by atoms with Crippen molar-refractivity contribution < 1.29 is 13.2 Å². The van der Waals surface area contributed by atoms with Gasteiger partial charge in [0.2, 0.25) is 0 Å². The number of nitrogens with one attached hydrogen (secondary N) is 1. The molecule has 0 aromatic heterocycles. The van der Waals surface area contributed by atoms with Crippen LogP contribution >= 0.6 is 23.4 Å². The van der Waals surface area contributed by atoms with E-state index in [0.717, 1.165) is 34.7 Å². The highest BCUT2D eigenvalue weighted by atomic mass is 35.5. The van der Waals surface area contributed by atoms with Crippen LogP contribution in [0.15, 0.2) is 47.5 Å². The standard InChI is InChI=1S/C23H25ClN4O3S2/c1-15-2-5-17(24)12-20(15)27-8-10-28(11-9-27)22(29)16-3-6-18(7-4-16)25-23-26-19-13-33(30,31)14-21(19)32-23/h2-7,12,19,21H,8-11,13-14H2,1H3,(H,25,26)/t19-,21+/m0/s1. The van der Waals surface area contributed by atoms with E-state index in [-0.39, 0.29) is 28.7 Å². The molecule has 0 radical (unpaired) electrons. The number of hydrogen-bond donors (Lipinski definition) is 1. The number of nitrogens with zero attached hydrogens (tertiary/aromatic N) is 3. The summed E-state index contributed by atoms with van der Waals surface area (Å²) in [6, 6.07) is 13.1. The number of aryl methyl sites for hydroxylation is 1. The number of amidine groups is 1. The zero-order valence-electron chi connectivity index (χ0n) is 18.2. The van der Waals surface area contributed by atoms with Crippen LogP contribution in [0.4, 0.5) is 11.4 Å². The molecule has 33 heavy (non-hydrogen) atoms. The summed E-state index contributed by atoms with van der Waals surface area (Å²) in [4.78, 5) is 21.7. The van der Waals surface area contributed by atoms with Gasteiger partial charge in [-0.1, -0.05) is 29.4 Å². The lowest BCUT2D eigenvalue weighted by molar-refractivity contribution is 0.0747. The Bertz CT molecular complexity index is 1210. The quantitative estimate of drug-likeness (QED) is 0.690. The lowest BCUT2D eigenvalue weighted by Gasteiger charge is -2.37. The number of hydrogen-bond acceptors (Lipinski definition) is 7. The van der Waals surface area contributed by atoms with Crippen molar-refractivity contribution in [3.63, 3.8) is 0 Å². The van der Waals surface area contributed by atoms with Crippen molar-refractivity contribution in [2.24, 2.45) is 4.99 Å². The molecule has 3 aliphatic rings. The van der Waals surface area contributed by atoms with Gasteiger partial charge in [-0.05, 0) is 48.9 Å². The minimum Gasteiger partial charge on any atom is -0.368 e. The number of halogens is 1. The fourth-order valence-corrected chi connectivity index (χ4v) is 8.33. The number of carbonyl (C=O) groups is 1. The fraction of sp³-hybridized carbons (Fsp3) is 0.391. The van der Waals surface area contributed by atoms with Gasteiger partial charge in [0.05, 0.1) is 17.5 Å². The summed E-state index contributed by atoms with van der Waals surface area (Å²) in [6.07, 6.45) is 0. The molecule has 2 saturated heterocycles. The normalized spacial score (nSPS) is 23.9. The Labute approximate surface area is 203 Å². The third kappa shape index (κ3) is 4.85. The second kappa shape index (κ2) is 8.85. The largest absolute Gasteiger partial charge is 0.368 e. The number of piperazine rings is 1. The highest BCUT2D eigenvalue weighted by Crippen LogP contribution is 2.34. The summed E-state index contributed by atoms with van der Waals surface area (Å²) < 4.78 is 23.4. The molecule has 5 rings (SSSR count). The van der Waals surface area contributed by atoms with Crippen molar-refractivity contribution in [3.8, 4) is 0 Å². The van der Waals surface area contributed by atoms with Gasteiger partial charge < -0.3 is 15.1 Å². The molecule has 174 valence electrons. The van der Waals surface area contributed by atoms with Crippen LogP contribution in [0.3, 0.4) is 0 Å². The number of carbonyl (C=O) groups excluding carboxylic acids is 1. The van der Waals surface area contributed by atoms with E-state index in [1.165, 1.54) is 17.3 Å². The number of sulfone groups is 1. The van der Waals surface area contributed by atoms with E-state index in [1.807, 2.05) is 47.4 Å². The second-order valence-corrected chi connectivity index (χ2v) is 12.5. The van der Waals surface area contributed by atoms with E-state index in [9.17, 15) is 13.2 Å². The van der Waals surface area contributed by atoms with Crippen LogP contribution in [0.2, 0.25) is 5.02 Å². The lowest BCUT2D eigenvalue weighted by atomic mass is 10.1. The van der Waals surface area contributed by atoms with Crippen LogP contribution in [0.5, 0.6) is 0 Å². The molecule has 3 aliphatic heterocycles. The molecule has 0 unspecified atom stereocenters. The Balaban J connectivity index is 1.17. The van der Waals surface area contributed by atoms with Crippen LogP contribution < -0.4 is 10.2 Å². The fourth-order valence-electron chi connectivity index (χ4n) is 4.49. The average Bonchev–Trinajstić information content (AvgIpc) is 3.28. The summed E-state index contributed by atoms with van der Waals surface area (Å²) in [5, 5.41) is 4.72. The summed E-state index contributed by atoms with van der Waals surface area (Å²) in [7, 11) is -2.96. The molecule has 0 aliphatic carbocycles. The zero-order valence-corrected chi connectivity index (χ0v) is 20.6. The Hall–Kier alpha value is -2.23. The van der Waals surface area contributed by atoms with Gasteiger partial charge in [-0.15, -0.1) is 0 Å². The van der Waals surface area contributed by atoms with Gasteiger partial charge in [0.15, 0.2) is 15.0 Å². The highest BCUT2D eigenvalue weighted by molar-refractivity contribution is 8.15. The average molecular weight is 505 g/mol. The van der Waals surface area contributed by atoms with Crippen molar-refractivity contribution in [2.45, 2.75) is 18.2 Å². The molecule has 0 spiro atoms. The van der Waals surface area contributed by atoms with Crippen LogP contribution in [-0.4, -0.2) is 73.4 Å². The lowest BCUT2D eigenvalue weighted by Crippen LogP contribution is -2.49. The topological polar surface area (TPSA) is 82.1 Å². The molecule has 2 aromatic carbocycles. The molecule has 3 heterocycles. The predicted molar refractivity (Wildman–Crippen MR) is 136 cm³/mol. The second-order valence-electron chi connectivity index (χ2n) is 8.65. The molecule has 2 aromatic rings. The molecule has 7 nitrogen and oxygen atoms in total. The van der Waals surface area contributed by atoms with Crippen molar-refractivity contribution in [3.05, 3.63) is 58.6 Å². The summed E-state index contributed by atoms with van der Waals surface area (Å²) in [5.74, 6) is 0.346. The Morgan fingerprint density at radius 3 is 2.52 bits per heavy atom. The SMILES string of the molecule is Cc1ccc(Cl)cc1N1CCN(C(=O)c2ccc(NC3=N[C@H]4CS(=O)(=O)C[C@H]4S3)cc2)CC1. The van der Waals surface area contributed by atoms with E-state index < -0.39 is 9.84 Å². The molecular weight excluding hydrogens is 480 g/mol. The summed E-state index contributed by atoms with van der Waals surface area (Å²) >= 11 is 7.65. The van der Waals surface area contributed by atoms with Gasteiger partial charge in [-0.2, -0.15) is 0 Å². The third-order valence-corrected chi connectivity index (χ3v) is 9.66. The third-order valence-electron chi connectivity index (χ3n) is 6.28. The molecule has 2 atom stereocenters. The van der Waals surface area contributed by atoms with E-state index in [0.29, 0.717) is 18.7 Å². The maximum Gasteiger partial charge on any atom is 0.253 e. The number of rotatable bonds is 3. The van der Waals surface area contributed by atoms with Gasteiger partial charge in [0, 0.05) is 53.4 Å². The van der Waals surface area contributed by atoms with Gasteiger partial charge in [0.25, 0.3) is 5.91 Å². The van der Waals surface area contributed by atoms with Crippen LogP contribution in [0.25, 0.3) is 0 Å². The first-order valence-corrected chi connectivity index (χ1v) is 14.0. The van der Waals surface area contributed by atoms with Crippen LogP contribution in [0, 0.1) is 6.92 Å². The first-order chi connectivity index (χ1) is 15.8. The zero-order chi connectivity index (χ0) is 23.2. The molecule has 1 amide bonds. The van der Waals surface area contributed by atoms with E-state index in [1.54, 1.807) is 0 Å². The van der Waals surface area contributed by atoms with Gasteiger partial charge in [-0.25, -0.2) is 8.42 Å². The smallest absolute Gasteiger partial charge is 0.253 e.